The van der Waals surface area contributed by atoms with Crippen LogP contribution in [0.3, 0.4) is 0 Å². The van der Waals surface area contributed by atoms with E-state index >= 15 is 0 Å². The number of hydrogen-bond acceptors (Lipinski definition) is 3. The third-order valence-electron chi connectivity index (χ3n) is 2.79. The molecule has 0 unspecified atom stereocenters. The second-order valence-electron chi connectivity index (χ2n) is 3.99. The number of amides is 2. The number of fused-ring (bicyclic) bond motifs is 1. The smallest absolute Gasteiger partial charge is 0.313 e. The van der Waals surface area contributed by atoms with Crippen molar-refractivity contribution in [2.45, 2.75) is 6.42 Å². The molecule has 6 heteroatoms. The minimum atomic E-state index is -0.566. The van der Waals surface area contributed by atoms with Gasteiger partial charge in [0, 0.05) is 13.6 Å². The molecular weight excluding hydrogens is 256 g/mol. The highest BCUT2D eigenvalue weighted by molar-refractivity contribution is 6.62. The SMILES string of the molecule is CN1C(=O)COc2ccc(CCNC(=O)Cl)cc21. The van der Waals surface area contributed by atoms with Crippen LogP contribution in [0.15, 0.2) is 18.2 Å². The first kappa shape index (κ1) is 12.7. The van der Waals surface area contributed by atoms with E-state index in [0.717, 1.165) is 11.3 Å². The maximum absolute atomic E-state index is 11.5. The predicted molar refractivity (Wildman–Crippen MR) is 68.3 cm³/mol. The summed E-state index contributed by atoms with van der Waals surface area (Å²) in [6, 6.07) is 5.62. The first-order valence-electron chi connectivity index (χ1n) is 5.53. The zero-order chi connectivity index (χ0) is 13.1. The Hall–Kier alpha value is -1.75. The van der Waals surface area contributed by atoms with Gasteiger partial charge < -0.3 is 15.0 Å². The van der Waals surface area contributed by atoms with Crippen LogP contribution in [0.4, 0.5) is 10.5 Å². The second kappa shape index (κ2) is 5.27. The van der Waals surface area contributed by atoms with Gasteiger partial charge in [-0.25, -0.2) is 0 Å². The number of hydrogen-bond donors (Lipinski definition) is 1. The monoisotopic (exact) mass is 268 g/mol. The van der Waals surface area contributed by atoms with E-state index in [1.54, 1.807) is 11.9 Å². The fourth-order valence-electron chi connectivity index (χ4n) is 1.78. The normalized spacial score (nSPS) is 13.9. The number of nitrogens with zero attached hydrogens (tertiary/aromatic N) is 1. The van der Waals surface area contributed by atoms with E-state index in [-0.39, 0.29) is 12.5 Å². The number of benzene rings is 1. The van der Waals surface area contributed by atoms with E-state index in [2.05, 4.69) is 5.32 Å². The molecule has 0 fully saturated rings. The van der Waals surface area contributed by atoms with Gasteiger partial charge in [0.2, 0.25) is 0 Å². The van der Waals surface area contributed by atoms with Crippen molar-refractivity contribution in [2.75, 3.05) is 25.1 Å². The summed E-state index contributed by atoms with van der Waals surface area (Å²) in [6.45, 7) is 0.533. The summed E-state index contributed by atoms with van der Waals surface area (Å²) in [6.07, 6.45) is 0.647. The maximum Gasteiger partial charge on any atom is 0.313 e. The van der Waals surface area contributed by atoms with Crippen molar-refractivity contribution in [3.8, 4) is 5.75 Å². The van der Waals surface area contributed by atoms with Crippen LogP contribution < -0.4 is 15.0 Å². The van der Waals surface area contributed by atoms with Gasteiger partial charge in [-0.05, 0) is 35.7 Å². The Morgan fingerprint density at radius 1 is 1.56 bits per heavy atom. The second-order valence-corrected chi connectivity index (χ2v) is 4.34. The molecule has 0 spiro atoms. The molecule has 1 N–H and O–H groups in total. The molecule has 0 saturated heterocycles. The minimum Gasteiger partial charge on any atom is -0.482 e. The van der Waals surface area contributed by atoms with Crippen molar-refractivity contribution in [3.05, 3.63) is 23.8 Å². The summed E-state index contributed by atoms with van der Waals surface area (Å²) in [5, 5.41) is 1.94. The van der Waals surface area contributed by atoms with Gasteiger partial charge in [0.15, 0.2) is 6.61 Å². The number of carbonyl (C=O) groups is 2. The van der Waals surface area contributed by atoms with Gasteiger partial charge in [-0.3, -0.25) is 9.59 Å². The van der Waals surface area contributed by atoms with Gasteiger partial charge in [-0.2, -0.15) is 0 Å². The van der Waals surface area contributed by atoms with E-state index in [0.29, 0.717) is 18.7 Å². The van der Waals surface area contributed by atoms with Crippen LogP contribution in [0.5, 0.6) is 5.75 Å². The summed E-state index contributed by atoms with van der Waals surface area (Å²) >= 11 is 5.18. The van der Waals surface area contributed by atoms with Gasteiger partial charge in [0.1, 0.15) is 5.75 Å². The number of nitrogens with one attached hydrogen (secondary N) is 1. The van der Waals surface area contributed by atoms with Crippen LogP contribution >= 0.6 is 11.6 Å². The molecular formula is C12H13ClN2O3. The number of anilines is 1. The van der Waals surface area contributed by atoms with Crippen LogP contribution in [-0.2, 0) is 11.2 Å². The number of ether oxygens (including phenoxy) is 1. The molecule has 1 aromatic rings. The Morgan fingerprint density at radius 3 is 3.06 bits per heavy atom. The molecule has 96 valence electrons. The molecule has 1 aliphatic rings. The van der Waals surface area contributed by atoms with Gasteiger partial charge in [0.05, 0.1) is 5.69 Å². The van der Waals surface area contributed by atoms with Crippen LogP contribution in [0.2, 0.25) is 0 Å². The van der Waals surface area contributed by atoms with Crippen molar-refractivity contribution >= 4 is 28.6 Å². The fraction of sp³-hybridized carbons (Fsp3) is 0.333. The lowest BCUT2D eigenvalue weighted by atomic mass is 10.1. The molecule has 1 aromatic carbocycles. The van der Waals surface area contributed by atoms with Crippen LogP contribution in [0.1, 0.15) is 5.56 Å². The number of likely N-dealkylation sites (N-methyl/N-ethyl adjacent to an activating group) is 1. The van der Waals surface area contributed by atoms with Crippen molar-refractivity contribution in [1.82, 2.24) is 5.32 Å². The number of halogens is 1. The molecule has 0 saturated carbocycles. The lowest BCUT2D eigenvalue weighted by Gasteiger charge is -2.26. The summed E-state index contributed by atoms with van der Waals surface area (Å²) in [5.74, 6) is 0.621. The van der Waals surface area contributed by atoms with E-state index < -0.39 is 5.37 Å². The topological polar surface area (TPSA) is 58.6 Å². The van der Waals surface area contributed by atoms with E-state index in [4.69, 9.17) is 16.3 Å². The Balaban J connectivity index is 2.11. The van der Waals surface area contributed by atoms with E-state index in [9.17, 15) is 9.59 Å². The molecule has 0 aliphatic carbocycles. The standard InChI is InChI=1S/C12H13ClN2O3/c1-15-9-6-8(4-5-14-12(13)17)2-3-10(9)18-7-11(15)16/h2-3,6H,4-5,7H2,1H3,(H,14,17). The molecule has 0 radical (unpaired) electrons. The van der Waals surface area contributed by atoms with Gasteiger partial charge >= 0.3 is 5.37 Å². The highest BCUT2D eigenvalue weighted by atomic mass is 35.5. The first-order valence-corrected chi connectivity index (χ1v) is 5.91. The quantitative estimate of drug-likeness (QED) is 0.668. The Kier molecular flexibility index (Phi) is 3.72. The van der Waals surface area contributed by atoms with Crippen LogP contribution in [-0.4, -0.2) is 31.5 Å². The lowest BCUT2D eigenvalue weighted by Crippen LogP contribution is -2.35. The molecule has 2 amide bonds. The van der Waals surface area contributed by atoms with E-state index in [1.165, 1.54) is 0 Å². The van der Waals surface area contributed by atoms with Gasteiger partial charge in [-0.1, -0.05) is 6.07 Å². The van der Waals surface area contributed by atoms with Crippen molar-refractivity contribution in [2.24, 2.45) is 0 Å². The predicted octanol–water partition coefficient (Wildman–Crippen LogP) is 1.53. The van der Waals surface area contributed by atoms with Gasteiger partial charge in [0.25, 0.3) is 5.91 Å². The molecule has 5 nitrogen and oxygen atoms in total. The first-order chi connectivity index (χ1) is 8.58. The molecule has 1 aliphatic heterocycles. The average Bonchev–Trinajstić information content (AvgIpc) is 2.34. The number of rotatable bonds is 3. The van der Waals surface area contributed by atoms with Crippen molar-refractivity contribution in [1.29, 1.82) is 0 Å². The summed E-state index contributed by atoms with van der Waals surface area (Å²) < 4.78 is 5.32. The third-order valence-corrected chi connectivity index (χ3v) is 2.92. The Morgan fingerprint density at radius 2 is 2.33 bits per heavy atom. The third kappa shape index (κ3) is 2.73. The fourth-order valence-corrected chi connectivity index (χ4v) is 1.87. The Labute approximate surface area is 110 Å². The van der Waals surface area contributed by atoms with Crippen LogP contribution in [0, 0.1) is 0 Å². The molecule has 0 bridgehead atoms. The minimum absolute atomic E-state index is 0.0746. The highest BCUT2D eigenvalue weighted by Crippen LogP contribution is 2.31. The summed E-state index contributed by atoms with van der Waals surface area (Å²) in [5.41, 5.74) is 1.75. The molecule has 0 atom stereocenters. The largest absolute Gasteiger partial charge is 0.482 e. The molecule has 2 rings (SSSR count). The molecule has 18 heavy (non-hydrogen) atoms. The van der Waals surface area contributed by atoms with Crippen LogP contribution in [0.25, 0.3) is 0 Å². The van der Waals surface area contributed by atoms with E-state index in [1.807, 2.05) is 18.2 Å². The molecule has 1 heterocycles. The van der Waals surface area contributed by atoms with Crippen molar-refractivity contribution < 1.29 is 14.3 Å². The lowest BCUT2D eigenvalue weighted by molar-refractivity contribution is -0.120. The summed E-state index contributed by atoms with van der Waals surface area (Å²) in [7, 11) is 1.72. The Bertz CT molecular complexity index is 490. The maximum atomic E-state index is 11.5. The highest BCUT2D eigenvalue weighted by Gasteiger charge is 2.22. The average molecular weight is 269 g/mol. The van der Waals surface area contributed by atoms with Gasteiger partial charge in [-0.15, -0.1) is 0 Å². The zero-order valence-corrected chi connectivity index (χ0v) is 10.7. The molecule has 0 aromatic heterocycles. The van der Waals surface area contributed by atoms with Crippen molar-refractivity contribution in [3.63, 3.8) is 0 Å². The summed E-state index contributed by atoms with van der Waals surface area (Å²) in [4.78, 5) is 23.6. The zero-order valence-electron chi connectivity index (χ0n) is 9.90. The number of carbonyl (C=O) groups excluding carboxylic acids is 2.